The Bertz CT molecular complexity index is 258. The maximum Gasteiger partial charge on any atom is 0.136 e. The summed E-state index contributed by atoms with van der Waals surface area (Å²) in [7, 11) is 0. The van der Waals surface area contributed by atoms with Crippen LogP contribution in [0, 0.1) is 5.92 Å². The molecule has 14 heavy (non-hydrogen) atoms. The van der Waals surface area contributed by atoms with Crippen molar-refractivity contribution < 1.29 is 9.43 Å². The van der Waals surface area contributed by atoms with Crippen molar-refractivity contribution >= 4 is 0 Å². The third kappa shape index (κ3) is 1.01. The Morgan fingerprint density at radius 1 is 1.43 bits per heavy atom. The van der Waals surface area contributed by atoms with Gasteiger partial charge >= 0.3 is 0 Å². The first-order valence-corrected chi connectivity index (χ1v) is 5.56. The minimum atomic E-state index is 0.723. The Balaban J connectivity index is 1.88. The van der Waals surface area contributed by atoms with Crippen LogP contribution in [0.15, 0.2) is 12.5 Å². The lowest BCUT2D eigenvalue weighted by molar-refractivity contribution is -1.07. The van der Waals surface area contributed by atoms with E-state index in [2.05, 4.69) is 17.6 Å². The first kappa shape index (κ1) is 8.56. The topological polar surface area (TPSA) is 24.5 Å². The van der Waals surface area contributed by atoms with Crippen molar-refractivity contribution in [1.29, 1.82) is 0 Å². The minimum absolute atomic E-state index is 0.723. The van der Waals surface area contributed by atoms with Crippen molar-refractivity contribution in [2.24, 2.45) is 5.92 Å². The molecule has 4 heteroatoms. The van der Waals surface area contributed by atoms with Gasteiger partial charge in [0.25, 0.3) is 0 Å². The standard InChI is InChI=1S/C10H18N3O/c1-9-8-10-2-5-13(9,6-3-10)12-4-7-14-11-12/h4,7,9-11H,2-3,5-6,8H2,1H3/q+1. The van der Waals surface area contributed by atoms with Crippen molar-refractivity contribution in [2.45, 2.75) is 32.2 Å². The summed E-state index contributed by atoms with van der Waals surface area (Å²) in [6, 6.07) is 0.723. The normalized spacial score (nSPS) is 45.6. The lowest BCUT2D eigenvalue weighted by atomic mass is 9.83. The number of hydrogen-bond acceptors (Lipinski definition) is 3. The maximum absolute atomic E-state index is 5.08. The van der Waals surface area contributed by atoms with Crippen molar-refractivity contribution in [1.82, 2.24) is 10.7 Å². The molecule has 78 valence electrons. The van der Waals surface area contributed by atoms with E-state index in [9.17, 15) is 0 Å². The lowest BCUT2D eigenvalue weighted by Gasteiger charge is -2.54. The van der Waals surface area contributed by atoms with E-state index < -0.39 is 0 Å². The van der Waals surface area contributed by atoms with Gasteiger partial charge in [-0.05, 0) is 18.4 Å². The smallest absolute Gasteiger partial charge is 0.136 e. The van der Waals surface area contributed by atoms with E-state index in [1.54, 1.807) is 6.26 Å². The van der Waals surface area contributed by atoms with Crippen LogP contribution in [0.2, 0.25) is 0 Å². The third-order valence-corrected chi connectivity index (χ3v) is 4.19. The van der Waals surface area contributed by atoms with Gasteiger partial charge in [-0.3, -0.25) is 0 Å². The van der Waals surface area contributed by atoms with Crippen LogP contribution in [-0.2, 0) is 4.84 Å². The third-order valence-electron chi connectivity index (χ3n) is 4.19. The predicted molar refractivity (Wildman–Crippen MR) is 52.0 cm³/mol. The predicted octanol–water partition coefficient (Wildman–Crippen LogP) is 1.14. The molecular weight excluding hydrogens is 178 g/mol. The van der Waals surface area contributed by atoms with Crippen LogP contribution >= 0.6 is 0 Å². The molecule has 4 aliphatic heterocycles. The van der Waals surface area contributed by atoms with Gasteiger partial charge in [-0.2, -0.15) is 0 Å². The van der Waals surface area contributed by atoms with E-state index in [1.807, 2.05) is 6.20 Å². The molecule has 1 N–H and O–H groups in total. The Labute approximate surface area is 84.6 Å². The zero-order valence-corrected chi connectivity index (χ0v) is 8.65. The molecule has 3 fully saturated rings. The SMILES string of the molecule is CC1CC2CC[N+]1(N1C=CON1)CC2. The summed E-state index contributed by atoms with van der Waals surface area (Å²) in [5.74, 6) is 0.984. The monoisotopic (exact) mass is 196 g/mol. The molecular formula is C10H18N3O+. The Kier molecular flexibility index (Phi) is 1.76. The van der Waals surface area contributed by atoms with Gasteiger partial charge in [-0.1, -0.05) is 0 Å². The fourth-order valence-electron chi connectivity index (χ4n) is 3.27. The van der Waals surface area contributed by atoms with Crippen LogP contribution < -0.4 is 5.59 Å². The molecule has 0 aromatic heterocycles. The molecule has 2 bridgehead atoms. The number of nitrogens with zero attached hydrogens (tertiary/aromatic N) is 2. The molecule has 4 nitrogen and oxygen atoms in total. The van der Waals surface area contributed by atoms with Crippen LogP contribution in [0.5, 0.6) is 0 Å². The second-order valence-electron chi connectivity index (χ2n) is 4.80. The zero-order chi connectivity index (χ0) is 9.60. The van der Waals surface area contributed by atoms with E-state index in [-0.39, 0.29) is 0 Å². The molecule has 1 unspecified atom stereocenters. The van der Waals surface area contributed by atoms with Crippen LogP contribution in [0.25, 0.3) is 0 Å². The number of quaternary nitrogens is 1. The average Bonchev–Trinajstić information content (AvgIpc) is 2.72. The van der Waals surface area contributed by atoms with Crippen LogP contribution in [0.4, 0.5) is 0 Å². The van der Waals surface area contributed by atoms with Crippen molar-refractivity contribution in [2.75, 3.05) is 13.1 Å². The summed E-state index contributed by atoms with van der Waals surface area (Å²) >= 11 is 0. The van der Waals surface area contributed by atoms with Crippen LogP contribution in [-0.4, -0.2) is 28.8 Å². The van der Waals surface area contributed by atoms with Gasteiger partial charge in [0.1, 0.15) is 31.6 Å². The largest absolute Gasteiger partial charge is 0.391 e. The summed E-state index contributed by atoms with van der Waals surface area (Å²) in [4.78, 5) is 5.08. The number of hydrazine groups is 1. The summed E-state index contributed by atoms with van der Waals surface area (Å²) in [6.45, 7) is 4.87. The van der Waals surface area contributed by atoms with Gasteiger partial charge < -0.3 is 4.84 Å². The zero-order valence-electron chi connectivity index (χ0n) is 8.65. The molecule has 0 aromatic rings. The molecule has 0 amide bonds. The molecule has 0 saturated carbocycles. The van der Waals surface area contributed by atoms with Crippen molar-refractivity contribution in [3.63, 3.8) is 0 Å². The van der Waals surface area contributed by atoms with Crippen molar-refractivity contribution in [3.05, 3.63) is 12.5 Å². The lowest BCUT2D eigenvalue weighted by Crippen LogP contribution is -2.71. The van der Waals surface area contributed by atoms with Gasteiger partial charge in [0.2, 0.25) is 0 Å². The molecule has 1 atom stereocenters. The Hall–Kier alpha value is -0.740. The number of nitrogens with one attached hydrogen (secondary N) is 1. The van der Waals surface area contributed by atoms with Gasteiger partial charge in [-0.25, -0.2) is 4.59 Å². The second kappa shape index (κ2) is 2.87. The highest BCUT2D eigenvalue weighted by Gasteiger charge is 2.50. The highest BCUT2D eigenvalue weighted by atomic mass is 16.7. The summed E-state index contributed by atoms with van der Waals surface area (Å²) < 4.78 is 1.05. The molecule has 4 rings (SSSR count). The summed E-state index contributed by atoms with van der Waals surface area (Å²) in [5.41, 5.74) is 2.97. The first-order chi connectivity index (χ1) is 6.81. The number of fused-ring (bicyclic) bond motifs is 3. The summed E-state index contributed by atoms with van der Waals surface area (Å²) in [6.07, 6.45) is 7.85. The fraction of sp³-hybridized carbons (Fsp3) is 0.800. The van der Waals surface area contributed by atoms with E-state index in [0.29, 0.717) is 0 Å². The van der Waals surface area contributed by atoms with E-state index in [0.717, 1.165) is 16.6 Å². The van der Waals surface area contributed by atoms with E-state index in [4.69, 9.17) is 4.84 Å². The molecule has 4 heterocycles. The van der Waals surface area contributed by atoms with Crippen LogP contribution in [0.3, 0.4) is 0 Å². The first-order valence-electron chi connectivity index (χ1n) is 5.56. The number of piperidine rings is 3. The molecule has 0 aromatic carbocycles. The Morgan fingerprint density at radius 3 is 2.79 bits per heavy atom. The van der Waals surface area contributed by atoms with Gasteiger partial charge in [0.15, 0.2) is 0 Å². The Morgan fingerprint density at radius 2 is 2.21 bits per heavy atom. The highest BCUT2D eigenvalue weighted by molar-refractivity contribution is 4.79. The molecule has 0 radical (unpaired) electrons. The van der Waals surface area contributed by atoms with E-state index >= 15 is 0 Å². The molecule has 0 spiro atoms. The van der Waals surface area contributed by atoms with Crippen molar-refractivity contribution in [3.8, 4) is 0 Å². The number of hydrogen-bond donors (Lipinski definition) is 1. The fourth-order valence-corrected chi connectivity index (χ4v) is 3.27. The molecule has 4 aliphatic rings. The van der Waals surface area contributed by atoms with Gasteiger partial charge in [-0.15, -0.1) is 5.12 Å². The van der Waals surface area contributed by atoms with Gasteiger partial charge in [0, 0.05) is 19.3 Å². The summed E-state index contributed by atoms with van der Waals surface area (Å²) in [5, 5.41) is 2.14. The average molecular weight is 196 g/mol. The maximum atomic E-state index is 5.08. The number of rotatable bonds is 1. The van der Waals surface area contributed by atoms with Gasteiger partial charge in [0.05, 0.1) is 0 Å². The minimum Gasteiger partial charge on any atom is -0.391 e. The van der Waals surface area contributed by atoms with E-state index in [1.165, 1.54) is 32.4 Å². The molecule has 0 aliphatic carbocycles. The van der Waals surface area contributed by atoms with Crippen LogP contribution in [0.1, 0.15) is 26.2 Å². The second-order valence-corrected chi connectivity index (χ2v) is 4.80. The highest BCUT2D eigenvalue weighted by Crippen LogP contribution is 2.39. The molecule has 3 saturated heterocycles. The quantitative estimate of drug-likeness (QED) is 0.637.